The molecular formula is C21H23FN2O4S. The molecule has 1 aromatic heterocycles. The summed E-state index contributed by atoms with van der Waals surface area (Å²) in [7, 11) is 0. The molecule has 0 radical (unpaired) electrons. The topological polar surface area (TPSA) is 75.7 Å². The zero-order valence-electron chi connectivity index (χ0n) is 16.4. The number of nitrogens with zero attached hydrogens (tertiary/aromatic N) is 1. The Hall–Kier alpha value is -2.74. The van der Waals surface area contributed by atoms with Crippen LogP contribution >= 0.6 is 11.3 Å². The van der Waals surface area contributed by atoms with E-state index >= 15 is 0 Å². The van der Waals surface area contributed by atoms with Gasteiger partial charge in [0.25, 0.3) is 11.8 Å². The van der Waals surface area contributed by atoms with Crippen molar-refractivity contribution in [2.45, 2.75) is 33.1 Å². The second-order valence-corrected chi connectivity index (χ2v) is 7.82. The molecule has 0 aliphatic carbocycles. The predicted molar refractivity (Wildman–Crippen MR) is 109 cm³/mol. The number of carbonyl (C=O) groups is 3. The fourth-order valence-corrected chi connectivity index (χ4v) is 4.46. The average Bonchev–Trinajstić information content (AvgIpc) is 3.04. The highest BCUT2D eigenvalue weighted by molar-refractivity contribution is 7.18. The summed E-state index contributed by atoms with van der Waals surface area (Å²) >= 11 is 1.05. The highest BCUT2D eigenvalue weighted by Gasteiger charge is 2.29. The molecule has 1 N–H and O–H groups in total. The summed E-state index contributed by atoms with van der Waals surface area (Å²) in [6.07, 6.45) is 2.99. The second-order valence-electron chi connectivity index (χ2n) is 6.80. The monoisotopic (exact) mass is 418 g/mol. The van der Waals surface area contributed by atoms with Crippen LogP contribution in [0.4, 0.5) is 9.39 Å². The van der Waals surface area contributed by atoms with Gasteiger partial charge in [-0.25, -0.2) is 9.18 Å². The third-order valence-electron chi connectivity index (χ3n) is 4.78. The fourth-order valence-electron chi connectivity index (χ4n) is 3.30. The standard InChI is InChI=1S/C21H23FN2O4S/c1-3-28-21(27)16-13(2)17(20(26)24-10-5-4-6-11-24)29-19(16)23-18(25)14-8-7-9-15(22)12-14/h7-9,12H,3-6,10-11H2,1-2H3,(H,23,25). The molecule has 2 aromatic rings. The normalized spacial score (nSPS) is 13.8. The molecule has 1 fully saturated rings. The third kappa shape index (κ3) is 4.64. The van der Waals surface area contributed by atoms with E-state index in [-0.39, 0.29) is 28.6 Å². The Morgan fingerprint density at radius 2 is 1.93 bits per heavy atom. The van der Waals surface area contributed by atoms with Gasteiger partial charge in [-0.2, -0.15) is 0 Å². The number of halogens is 1. The van der Waals surface area contributed by atoms with Crippen molar-refractivity contribution in [2.75, 3.05) is 25.0 Å². The van der Waals surface area contributed by atoms with E-state index in [0.717, 1.165) is 36.7 Å². The molecule has 2 heterocycles. The summed E-state index contributed by atoms with van der Waals surface area (Å²) in [5.41, 5.74) is 0.773. The lowest BCUT2D eigenvalue weighted by Crippen LogP contribution is -2.35. The molecule has 0 bridgehead atoms. The van der Waals surface area contributed by atoms with Crippen molar-refractivity contribution in [2.24, 2.45) is 0 Å². The van der Waals surface area contributed by atoms with Gasteiger partial charge in [-0.1, -0.05) is 6.07 Å². The Morgan fingerprint density at radius 1 is 1.21 bits per heavy atom. The Balaban J connectivity index is 1.95. The molecule has 0 spiro atoms. The maximum atomic E-state index is 13.5. The van der Waals surface area contributed by atoms with Crippen molar-refractivity contribution >= 4 is 34.1 Å². The van der Waals surface area contributed by atoms with Crippen LogP contribution in [0.25, 0.3) is 0 Å². The van der Waals surface area contributed by atoms with Crippen LogP contribution in [-0.2, 0) is 4.74 Å². The van der Waals surface area contributed by atoms with Gasteiger partial charge in [0.15, 0.2) is 0 Å². The fraction of sp³-hybridized carbons (Fsp3) is 0.381. The number of rotatable bonds is 5. The largest absolute Gasteiger partial charge is 0.462 e. The molecule has 3 rings (SSSR count). The number of carbonyl (C=O) groups excluding carboxylic acids is 3. The van der Waals surface area contributed by atoms with Crippen LogP contribution in [0.3, 0.4) is 0 Å². The minimum absolute atomic E-state index is 0.120. The molecule has 154 valence electrons. The van der Waals surface area contributed by atoms with E-state index in [1.807, 2.05) is 0 Å². The van der Waals surface area contributed by atoms with Gasteiger partial charge < -0.3 is 15.0 Å². The maximum Gasteiger partial charge on any atom is 0.341 e. The molecule has 0 unspecified atom stereocenters. The number of piperidine rings is 1. The summed E-state index contributed by atoms with van der Waals surface area (Å²) in [6.45, 7) is 4.88. The lowest BCUT2D eigenvalue weighted by Gasteiger charge is -2.26. The van der Waals surface area contributed by atoms with Crippen molar-refractivity contribution in [1.29, 1.82) is 0 Å². The number of esters is 1. The molecule has 1 aliphatic rings. The minimum Gasteiger partial charge on any atom is -0.462 e. The minimum atomic E-state index is -0.603. The summed E-state index contributed by atoms with van der Waals surface area (Å²) < 4.78 is 18.6. The van der Waals surface area contributed by atoms with Gasteiger partial charge in [0.05, 0.1) is 17.0 Å². The maximum absolute atomic E-state index is 13.5. The van der Waals surface area contributed by atoms with Gasteiger partial charge in [-0.05, 0) is 56.9 Å². The number of thiophene rings is 1. The van der Waals surface area contributed by atoms with Crippen molar-refractivity contribution in [1.82, 2.24) is 4.90 Å². The number of nitrogens with one attached hydrogen (secondary N) is 1. The van der Waals surface area contributed by atoms with Crippen molar-refractivity contribution in [3.63, 3.8) is 0 Å². The number of likely N-dealkylation sites (tertiary alicyclic amines) is 1. The highest BCUT2D eigenvalue weighted by Crippen LogP contribution is 2.35. The van der Waals surface area contributed by atoms with Crippen LogP contribution < -0.4 is 5.32 Å². The smallest absolute Gasteiger partial charge is 0.341 e. The Kier molecular flexibility index (Phi) is 6.64. The van der Waals surface area contributed by atoms with Crippen LogP contribution in [0.2, 0.25) is 0 Å². The molecule has 29 heavy (non-hydrogen) atoms. The second kappa shape index (κ2) is 9.17. The van der Waals surface area contributed by atoms with Crippen LogP contribution in [0, 0.1) is 12.7 Å². The predicted octanol–water partition coefficient (Wildman–Crippen LogP) is 4.25. The molecule has 6 nitrogen and oxygen atoms in total. The van der Waals surface area contributed by atoms with E-state index < -0.39 is 17.7 Å². The first-order chi connectivity index (χ1) is 13.9. The van der Waals surface area contributed by atoms with Crippen molar-refractivity contribution in [3.05, 3.63) is 51.7 Å². The van der Waals surface area contributed by atoms with Gasteiger partial charge in [0.1, 0.15) is 10.8 Å². The first-order valence-corrected chi connectivity index (χ1v) is 10.4. The van der Waals surface area contributed by atoms with Gasteiger partial charge in [-0.15, -0.1) is 11.3 Å². The SMILES string of the molecule is CCOC(=O)c1c(NC(=O)c2cccc(F)c2)sc(C(=O)N2CCCCC2)c1C. The molecule has 8 heteroatoms. The van der Waals surface area contributed by atoms with E-state index in [1.165, 1.54) is 18.2 Å². The number of hydrogen-bond acceptors (Lipinski definition) is 5. The lowest BCUT2D eigenvalue weighted by atomic mass is 10.1. The third-order valence-corrected chi connectivity index (χ3v) is 5.97. The van der Waals surface area contributed by atoms with Crippen LogP contribution in [-0.4, -0.2) is 42.4 Å². The number of anilines is 1. The van der Waals surface area contributed by atoms with Crippen LogP contribution in [0.1, 0.15) is 62.1 Å². The number of benzene rings is 1. The molecule has 0 saturated carbocycles. The molecule has 1 aromatic carbocycles. The van der Waals surface area contributed by atoms with Crippen LogP contribution in [0.15, 0.2) is 24.3 Å². The quantitative estimate of drug-likeness (QED) is 0.737. The highest BCUT2D eigenvalue weighted by atomic mass is 32.1. The van der Waals surface area contributed by atoms with E-state index in [1.54, 1.807) is 18.7 Å². The van der Waals surface area contributed by atoms with E-state index in [9.17, 15) is 18.8 Å². The summed E-state index contributed by atoms with van der Waals surface area (Å²) in [4.78, 5) is 40.3. The van der Waals surface area contributed by atoms with Gasteiger partial charge in [0.2, 0.25) is 0 Å². The zero-order chi connectivity index (χ0) is 21.0. The summed E-state index contributed by atoms with van der Waals surface area (Å²) in [6, 6.07) is 5.26. The molecule has 0 atom stereocenters. The number of ether oxygens (including phenoxy) is 1. The first-order valence-electron chi connectivity index (χ1n) is 9.59. The Morgan fingerprint density at radius 3 is 2.59 bits per heavy atom. The lowest BCUT2D eigenvalue weighted by molar-refractivity contribution is 0.0527. The van der Waals surface area contributed by atoms with Crippen molar-refractivity contribution in [3.8, 4) is 0 Å². The van der Waals surface area contributed by atoms with Gasteiger partial charge >= 0.3 is 5.97 Å². The molecule has 2 amide bonds. The molecule has 1 aliphatic heterocycles. The van der Waals surface area contributed by atoms with Crippen molar-refractivity contribution < 1.29 is 23.5 Å². The Labute approximate surface area is 172 Å². The summed E-state index contributed by atoms with van der Waals surface area (Å²) in [5.74, 6) is -1.85. The molecule has 1 saturated heterocycles. The van der Waals surface area contributed by atoms with Gasteiger partial charge in [0, 0.05) is 18.7 Å². The number of hydrogen-bond donors (Lipinski definition) is 1. The van der Waals surface area contributed by atoms with E-state index in [0.29, 0.717) is 23.5 Å². The molecular weight excluding hydrogens is 395 g/mol. The summed E-state index contributed by atoms with van der Waals surface area (Å²) in [5, 5.41) is 2.89. The zero-order valence-corrected chi connectivity index (χ0v) is 17.2. The van der Waals surface area contributed by atoms with Gasteiger partial charge in [-0.3, -0.25) is 9.59 Å². The number of amides is 2. The van der Waals surface area contributed by atoms with E-state index in [4.69, 9.17) is 4.74 Å². The van der Waals surface area contributed by atoms with Crippen LogP contribution in [0.5, 0.6) is 0 Å². The van der Waals surface area contributed by atoms with E-state index in [2.05, 4.69) is 5.32 Å². The first kappa shape index (κ1) is 21.0. The average molecular weight is 418 g/mol. The Bertz CT molecular complexity index is 935.